The first-order chi connectivity index (χ1) is 9.09. The number of likely N-dealkylation sites (tertiary alicyclic amines) is 1. The van der Waals surface area contributed by atoms with Gasteiger partial charge in [-0.05, 0) is 43.2 Å². The molecule has 2 N–H and O–H groups in total. The van der Waals surface area contributed by atoms with Gasteiger partial charge in [-0.15, -0.1) is 0 Å². The molecule has 19 heavy (non-hydrogen) atoms. The lowest BCUT2D eigenvalue weighted by Crippen LogP contribution is -2.32. The van der Waals surface area contributed by atoms with Crippen molar-refractivity contribution in [3.05, 3.63) is 29.8 Å². The molecule has 1 atom stereocenters. The number of nitrogens with two attached hydrogens (primary N) is 1. The Hall–Kier alpha value is -1.51. The molecule has 1 aliphatic heterocycles. The van der Waals surface area contributed by atoms with E-state index in [1.165, 1.54) is 6.42 Å². The van der Waals surface area contributed by atoms with Crippen molar-refractivity contribution in [1.29, 1.82) is 0 Å². The monoisotopic (exact) mass is 260 g/mol. The number of anilines is 1. The third-order valence-corrected chi connectivity index (χ3v) is 4.19. The Morgan fingerprint density at radius 3 is 2.68 bits per heavy atom. The van der Waals surface area contributed by atoms with Crippen LogP contribution in [0.5, 0.6) is 0 Å². The number of hydrogen-bond acceptors (Lipinski definition) is 2. The zero-order valence-electron chi connectivity index (χ0n) is 11.9. The number of nitrogens with zero attached hydrogens (tertiary/aromatic N) is 1. The third-order valence-electron chi connectivity index (χ3n) is 4.19. The average molecular weight is 260 g/mol. The molecule has 1 amide bonds. The third kappa shape index (κ3) is 3.28. The Kier molecular flexibility index (Phi) is 4.46. The Labute approximate surface area is 115 Å². The van der Waals surface area contributed by atoms with Gasteiger partial charge in [0.25, 0.3) is 5.91 Å². The lowest BCUT2D eigenvalue weighted by Gasteiger charge is -2.22. The second-order valence-corrected chi connectivity index (χ2v) is 5.81. The van der Waals surface area contributed by atoms with Crippen molar-refractivity contribution in [2.24, 2.45) is 11.8 Å². The standard InChI is InChI=1S/C16H24N2O/c1-12(2)13-6-5-10-18(11-9-13)16(19)14-7-3-4-8-15(14)17/h3-4,7-8,12-13H,5-6,9-11,17H2,1-2H3. The maximum Gasteiger partial charge on any atom is 0.255 e. The van der Waals surface area contributed by atoms with E-state index in [-0.39, 0.29) is 5.91 Å². The highest BCUT2D eigenvalue weighted by atomic mass is 16.2. The molecule has 0 radical (unpaired) electrons. The minimum atomic E-state index is 0.0857. The summed E-state index contributed by atoms with van der Waals surface area (Å²) in [6.07, 6.45) is 3.43. The summed E-state index contributed by atoms with van der Waals surface area (Å²) in [6, 6.07) is 7.35. The summed E-state index contributed by atoms with van der Waals surface area (Å²) in [5.41, 5.74) is 7.12. The molecule has 1 heterocycles. The number of amides is 1. The Morgan fingerprint density at radius 2 is 2.00 bits per heavy atom. The van der Waals surface area contributed by atoms with E-state index in [0.29, 0.717) is 17.2 Å². The van der Waals surface area contributed by atoms with Crippen molar-refractivity contribution in [3.8, 4) is 0 Å². The number of benzene rings is 1. The molecule has 3 nitrogen and oxygen atoms in total. The maximum atomic E-state index is 12.5. The van der Waals surface area contributed by atoms with Gasteiger partial charge >= 0.3 is 0 Å². The molecule has 0 saturated carbocycles. The van der Waals surface area contributed by atoms with Crippen LogP contribution in [0.2, 0.25) is 0 Å². The van der Waals surface area contributed by atoms with E-state index >= 15 is 0 Å². The van der Waals surface area contributed by atoms with Crippen LogP contribution in [0, 0.1) is 11.8 Å². The summed E-state index contributed by atoms with van der Waals surface area (Å²) < 4.78 is 0. The smallest absolute Gasteiger partial charge is 0.255 e. The van der Waals surface area contributed by atoms with E-state index in [1.807, 2.05) is 23.1 Å². The fourth-order valence-corrected chi connectivity index (χ4v) is 2.85. The lowest BCUT2D eigenvalue weighted by molar-refractivity contribution is 0.0760. The largest absolute Gasteiger partial charge is 0.398 e. The number of para-hydroxylation sites is 1. The van der Waals surface area contributed by atoms with Crippen LogP contribution in [0.4, 0.5) is 5.69 Å². The van der Waals surface area contributed by atoms with Crippen molar-refractivity contribution in [2.75, 3.05) is 18.8 Å². The first-order valence-electron chi connectivity index (χ1n) is 7.23. The van der Waals surface area contributed by atoms with E-state index in [2.05, 4.69) is 13.8 Å². The molecule has 1 aromatic rings. The van der Waals surface area contributed by atoms with Gasteiger partial charge in [-0.3, -0.25) is 4.79 Å². The van der Waals surface area contributed by atoms with Crippen LogP contribution in [-0.2, 0) is 0 Å². The summed E-state index contributed by atoms with van der Waals surface area (Å²) in [7, 11) is 0. The van der Waals surface area contributed by atoms with E-state index in [9.17, 15) is 4.79 Å². The molecule has 0 aromatic heterocycles. The predicted octanol–water partition coefficient (Wildman–Crippen LogP) is 3.17. The van der Waals surface area contributed by atoms with Crippen LogP contribution in [0.15, 0.2) is 24.3 Å². The Morgan fingerprint density at radius 1 is 1.26 bits per heavy atom. The van der Waals surface area contributed by atoms with Gasteiger partial charge in [-0.25, -0.2) is 0 Å². The number of carbonyl (C=O) groups excluding carboxylic acids is 1. The van der Waals surface area contributed by atoms with E-state index < -0.39 is 0 Å². The van der Waals surface area contributed by atoms with Gasteiger partial charge in [0.05, 0.1) is 5.56 Å². The minimum absolute atomic E-state index is 0.0857. The molecule has 1 aromatic carbocycles. The molecule has 1 fully saturated rings. The zero-order chi connectivity index (χ0) is 13.8. The molecule has 0 spiro atoms. The van der Waals surface area contributed by atoms with E-state index in [1.54, 1.807) is 6.07 Å². The molecule has 3 heteroatoms. The molecular weight excluding hydrogens is 236 g/mol. The number of rotatable bonds is 2. The van der Waals surface area contributed by atoms with E-state index in [4.69, 9.17) is 5.73 Å². The number of carbonyl (C=O) groups is 1. The summed E-state index contributed by atoms with van der Waals surface area (Å²) in [5, 5.41) is 0. The number of nitrogen functional groups attached to an aromatic ring is 1. The summed E-state index contributed by atoms with van der Waals surface area (Å²) in [4.78, 5) is 14.5. The van der Waals surface area contributed by atoms with Crippen LogP contribution in [-0.4, -0.2) is 23.9 Å². The van der Waals surface area contributed by atoms with Gasteiger partial charge in [-0.1, -0.05) is 26.0 Å². The van der Waals surface area contributed by atoms with Crippen LogP contribution < -0.4 is 5.73 Å². The Balaban J connectivity index is 2.06. The molecule has 1 aliphatic rings. The van der Waals surface area contributed by atoms with Gasteiger partial charge < -0.3 is 10.6 Å². The molecule has 1 unspecified atom stereocenters. The molecule has 0 bridgehead atoms. The number of hydrogen-bond donors (Lipinski definition) is 1. The second-order valence-electron chi connectivity index (χ2n) is 5.81. The maximum absolute atomic E-state index is 12.5. The normalized spacial score (nSPS) is 20.4. The van der Waals surface area contributed by atoms with Gasteiger partial charge in [0, 0.05) is 18.8 Å². The fraction of sp³-hybridized carbons (Fsp3) is 0.562. The van der Waals surface area contributed by atoms with Crippen LogP contribution in [0.1, 0.15) is 43.5 Å². The summed E-state index contributed by atoms with van der Waals surface area (Å²) >= 11 is 0. The average Bonchev–Trinajstić information content (AvgIpc) is 2.64. The lowest BCUT2D eigenvalue weighted by atomic mass is 9.89. The van der Waals surface area contributed by atoms with Crippen molar-refractivity contribution in [3.63, 3.8) is 0 Å². The van der Waals surface area contributed by atoms with Crippen molar-refractivity contribution in [1.82, 2.24) is 4.90 Å². The van der Waals surface area contributed by atoms with Gasteiger partial charge in [-0.2, -0.15) is 0 Å². The predicted molar refractivity (Wildman–Crippen MR) is 78.9 cm³/mol. The van der Waals surface area contributed by atoms with E-state index in [0.717, 1.165) is 31.8 Å². The van der Waals surface area contributed by atoms with Crippen LogP contribution in [0.3, 0.4) is 0 Å². The topological polar surface area (TPSA) is 46.3 Å². The van der Waals surface area contributed by atoms with Crippen molar-refractivity contribution < 1.29 is 4.79 Å². The van der Waals surface area contributed by atoms with Gasteiger partial charge in [0.2, 0.25) is 0 Å². The highest BCUT2D eigenvalue weighted by molar-refractivity contribution is 5.99. The molecular formula is C16H24N2O. The highest BCUT2D eigenvalue weighted by Gasteiger charge is 2.23. The van der Waals surface area contributed by atoms with Crippen molar-refractivity contribution >= 4 is 11.6 Å². The molecule has 0 aliphatic carbocycles. The minimum Gasteiger partial charge on any atom is -0.398 e. The quantitative estimate of drug-likeness (QED) is 0.830. The summed E-state index contributed by atoms with van der Waals surface area (Å²) in [6.45, 7) is 6.26. The molecule has 2 rings (SSSR count). The van der Waals surface area contributed by atoms with Gasteiger partial charge in [0.15, 0.2) is 0 Å². The fourth-order valence-electron chi connectivity index (χ4n) is 2.85. The van der Waals surface area contributed by atoms with Crippen molar-refractivity contribution in [2.45, 2.75) is 33.1 Å². The van der Waals surface area contributed by atoms with Crippen LogP contribution in [0.25, 0.3) is 0 Å². The second kappa shape index (κ2) is 6.09. The van der Waals surface area contributed by atoms with Gasteiger partial charge in [0.1, 0.15) is 0 Å². The highest BCUT2D eigenvalue weighted by Crippen LogP contribution is 2.25. The van der Waals surface area contributed by atoms with Crippen LogP contribution >= 0.6 is 0 Å². The SMILES string of the molecule is CC(C)C1CCCN(C(=O)c2ccccc2N)CC1. The first kappa shape index (κ1) is 13.9. The molecule has 104 valence electrons. The summed E-state index contributed by atoms with van der Waals surface area (Å²) in [5.74, 6) is 1.53. The first-order valence-corrected chi connectivity index (χ1v) is 7.23. The Bertz CT molecular complexity index is 442. The zero-order valence-corrected chi connectivity index (χ0v) is 11.9. The molecule has 1 saturated heterocycles.